The average Bonchev–Trinajstić information content (AvgIpc) is 2.76. The second-order valence-electron chi connectivity index (χ2n) is 10.9. The zero-order valence-corrected chi connectivity index (χ0v) is 22.1. The van der Waals surface area contributed by atoms with Crippen molar-refractivity contribution in [1.29, 1.82) is 0 Å². The molecule has 0 amide bonds. The van der Waals surface area contributed by atoms with Crippen LogP contribution in [0.25, 0.3) is 0 Å². The van der Waals surface area contributed by atoms with Crippen molar-refractivity contribution in [2.24, 2.45) is 0 Å². The molecule has 182 valence electrons. The van der Waals surface area contributed by atoms with Crippen molar-refractivity contribution in [3.05, 3.63) is 87.5 Å². The Balaban J connectivity index is 2.39. The van der Waals surface area contributed by atoms with E-state index in [4.69, 9.17) is 11.5 Å². The normalized spacial score (nSPS) is 12.0. The number of nitrogen functional groups attached to an aromatic ring is 2. The lowest BCUT2D eigenvalue weighted by Gasteiger charge is -2.27. The van der Waals surface area contributed by atoms with Crippen LogP contribution in [-0.4, -0.2) is 5.11 Å². The Morgan fingerprint density at radius 1 is 0.500 bits per heavy atom. The van der Waals surface area contributed by atoms with Gasteiger partial charge in [-0.3, -0.25) is 0 Å². The van der Waals surface area contributed by atoms with Gasteiger partial charge in [-0.2, -0.15) is 0 Å². The van der Waals surface area contributed by atoms with Crippen molar-refractivity contribution in [3.8, 4) is 5.75 Å². The Kier molecular flexibility index (Phi) is 7.65. The maximum absolute atomic E-state index is 9.99. The molecule has 0 aliphatic rings. The minimum Gasteiger partial charge on any atom is -0.508 e. The third-order valence-corrected chi connectivity index (χ3v) is 6.91. The monoisotopic (exact) mass is 458 g/mol. The Morgan fingerprint density at radius 2 is 0.794 bits per heavy atom. The van der Waals surface area contributed by atoms with Crippen LogP contribution in [0.2, 0.25) is 0 Å². The van der Waals surface area contributed by atoms with Gasteiger partial charge in [0.25, 0.3) is 0 Å². The van der Waals surface area contributed by atoms with Gasteiger partial charge in [0.05, 0.1) is 0 Å². The number of benzene rings is 3. The highest BCUT2D eigenvalue weighted by molar-refractivity contribution is 5.63. The number of nitrogens with two attached hydrogens (primary N) is 2. The van der Waals surface area contributed by atoms with E-state index < -0.39 is 0 Å². The van der Waals surface area contributed by atoms with Gasteiger partial charge in [0.15, 0.2) is 0 Å². The molecule has 34 heavy (non-hydrogen) atoms. The van der Waals surface area contributed by atoms with Crippen LogP contribution < -0.4 is 11.5 Å². The van der Waals surface area contributed by atoms with E-state index in [0.29, 0.717) is 23.7 Å². The topological polar surface area (TPSA) is 72.3 Å². The molecule has 0 radical (unpaired) electrons. The van der Waals surface area contributed by atoms with E-state index in [-0.39, 0.29) is 11.7 Å². The largest absolute Gasteiger partial charge is 0.508 e. The average molecular weight is 459 g/mol. The van der Waals surface area contributed by atoms with Crippen LogP contribution in [0, 0.1) is 0 Å². The Hall–Kier alpha value is -2.94. The molecule has 0 atom stereocenters. The molecule has 0 unspecified atom stereocenters. The standard InChI is InChI=1S/C31H42N2O/c1-17(2)25-13-22(14-26(18(3)4)30(25)32)29(21-9-11-24(34)12-10-21)23-15-27(19(5)6)31(33)28(16-23)20(7)8/h9-20,29,34H,32-33H2,1-8H3. The number of rotatable bonds is 7. The van der Waals surface area contributed by atoms with Gasteiger partial charge < -0.3 is 16.6 Å². The lowest BCUT2D eigenvalue weighted by molar-refractivity contribution is 0.475. The lowest BCUT2D eigenvalue weighted by atomic mass is 9.78. The SMILES string of the molecule is CC(C)c1cc(C(c2ccc(O)cc2)c2cc(C(C)C)c(N)c(C(C)C)c2)cc(C(C)C)c1N. The first kappa shape index (κ1) is 25.7. The summed E-state index contributed by atoms with van der Waals surface area (Å²) >= 11 is 0. The predicted octanol–water partition coefficient (Wildman–Crippen LogP) is 8.23. The molecule has 0 bridgehead atoms. The van der Waals surface area contributed by atoms with Gasteiger partial charge in [0.1, 0.15) is 5.75 Å². The van der Waals surface area contributed by atoms with E-state index in [2.05, 4.69) is 79.7 Å². The summed E-state index contributed by atoms with van der Waals surface area (Å²) in [5.74, 6) is 1.56. The van der Waals surface area contributed by atoms with Crippen LogP contribution in [0.15, 0.2) is 48.5 Å². The van der Waals surface area contributed by atoms with Gasteiger partial charge in [-0.25, -0.2) is 0 Å². The molecule has 3 aromatic carbocycles. The highest BCUT2D eigenvalue weighted by Crippen LogP contribution is 2.42. The quantitative estimate of drug-likeness (QED) is 0.246. The highest BCUT2D eigenvalue weighted by Gasteiger charge is 2.24. The van der Waals surface area contributed by atoms with Crippen molar-refractivity contribution >= 4 is 11.4 Å². The smallest absolute Gasteiger partial charge is 0.115 e. The van der Waals surface area contributed by atoms with Crippen LogP contribution in [0.5, 0.6) is 5.75 Å². The maximum Gasteiger partial charge on any atom is 0.115 e. The van der Waals surface area contributed by atoms with E-state index in [1.165, 1.54) is 33.4 Å². The molecule has 3 aromatic rings. The van der Waals surface area contributed by atoms with Crippen molar-refractivity contribution in [1.82, 2.24) is 0 Å². The molecule has 3 nitrogen and oxygen atoms in total. The predicted molar refractivity (Wildman–Crippen MR) is 147 cm³/mol. The molecule has 0 fully saturated rings. The third-order valence-electron chi connectivity index (χ3n) is 6.91. The molecule has 0 heterocycles. The van der Waals surface area contributed by atoms with Crippen LogP contribution in [-0.2, 0) is 0 Å². The van der Waals surface area contributed by atoms with Crippen molar-refractivity contribution in [2.45, 2.75) is 85.0 Å². The van der Waals surface area contributed by atoms with Crippen molar-refractivity contribution in [2.75, 3.05) is 11.5 Å². The molecule has 3 rings (SSSR count). The van der Waals surface area contributed by atoms with Gasteiger partial charge in [-0.15, -0.1) is 0 Å². The zero-order chi connectivity index (χ0) is 25.3. The number of hydrogen-bond acceptors (Lipinski definition) is 3. The molecule has 0 aliphatic carbocycles. The van der Waals surface area contributed by atoms with Crippen LogP contribution in [0.3, 0.4) is 0 Å². The molecular formula is C31H42N2O. The highest BCUT2D eigenvalue weighted by atomic mass is 16.3. The summed E-state index contributed by atoms with van der Waals surface area (Å²) in [5.41, 5.74) is 23.4. The summed E-state index contributed by atoms with van der Waals surface area (Å²) in [6, 6.07) is 16.7. The fourth-order valence-corrected chi connectivity index (χ4v) is 4.93. The Morgan fingerprint density at radius 3 is 1.06 bits per heavy atom. The fraction of sp³-hybridized carbons (Fsp3) is 0.419. The zero-order valence-electron chi connectivity index (χ0n) is 22.1. The molecule has 3 heteroatoms. The van der Waals surface area contributed by atoms with E-state index in [0.717, 1.165) is 16.9 Å². The second kappa shape index (κ2) is 10.1. The van der Waals surface area contributed by atoms with Gasteiger partial charge in [-0.05, 0) is 74.7 Å². The van der Waals surface area contributed by atoms with Gasteiger partial charge in [-0.1, -0.05) is 91.8 Å². The molecule has 0 aliphatic heterocycles. The summed E-state index contributed by atoms with van der Waals surface area (Å²) in [7, 11) is 0. The molecular weight excluding hydrogens is 416 g/mol. The maximum atomic E-state index is 9.99. The summed E-state index contributed by atoms with van der Waals surface area (Å²) < 4.78 is 0. The molecule has 0 saturated carbocycles. The Labute approximate surface area is 206 Å². The Bertz CT molecular complexity index is 1010. The van der Waals surface area contributed by atoms with Crippen molar-refractivity contribution in [3.63, 3.8) is 0 Å². The number of hydrogen-bond donors (Lipinski definition) is 3. The van der Waals surface area contributed by atoms with Crippen LogP contribution in [0.1, 0.15) is 124 Å². The van der Waals surface area contributed by atoms with Gasteiger partial charge >= 0.3 is 0 Å². The van der Waals surface area contributed by atoms with Crippen LogP contribution in [0.4, 0.5) is 11.4 Å². The second-order valence-corrected chi connectivity index (χ2v) is 10.9. The summed E-state index contributed by atoms with van der Waals surface area (Å²) in [6.45, 7) is 17.6. The molecule has 0 aromatic heterocycles. The first-order chi connectivity index (χ1) is 15.9. The van der Waals surface area contributed by atoms with Gasteiger partial charge in [0, 0.05) is 17.3 Å². The fourth-order valence-electron chi connectivity index (χ4n) is 4.93. The van der Waals surface area contributed by atoms with Crippen molar-refractivity contribution < 1.29 is 5.11 Å². The van der Waals surface area contributed by atoms with Gasteiger partial charge in [0.2, 0.25) is 0 Å². The summed E-state index contributed by atoms with van der Waals surface area (Å²) in [5, 5.41) is 9.99. The first-order valence-corrected chi connectivity index (χ1v) is 12.6. The summed E-state index contributed by atoms with van der Waals surface area (Å²) in [6.07, 6.45) is 0. The number of phenols is 1. The molecule has 0 saturated heterocycles. The number of phenolic OH excluding ortho intramolecular Hbond substituents is 1. The lowest BCUT2D eigenvalue weighted by Crippen LogP contribution is -2.12. The minimum absolute atomic E-state index is 0.00630. The van der Waals surface area contributed by atoms with Crippen LogP contribution >= 0.6 is 0 Å². The van der Waals surface area contributed by atoms with E-state index in [1.807, 2.05) is 12.1 Å². The third kappa shape index (κ3) is 5.09. The van der Waals surface area contributed by atoms with E-state index in [9.17, 15) is 5.11 Å². The number of aromatic hydroxyl groups is 1. The summed E-state index contributed by atoms with van der Waals surface area (Å²) in [4.78, 5) is 0. The van der Waals surface area contributed by atoms with E-state index in [1.54, 1.807) is 12.1 Å². The first-order valence-electron chi connectivity index (χ1n) is 12.6. The minimum atomic E-state index is 0.00630. The number of anilines is 2. The molecule has 5 N–H and O–H groups in total. The molecule has 0 spiro atoms. The van der Waals surface area contributed by atoms with E-state index >= 15 is 0 Å².